The van der Waals surface area contributed by atoms with E-state index in [0.29, 0.717) is 5.75 Å². The van der Waals surface area contributed by atoms with Gasteiger partial charge in [0.05, 0.1) is 25.9 Å². The Morgan fingerprint density at radius 3 is 3.00 bits per heavy atom. The quantitative estimate of drug-likeness (QED) is 0.909. The Bertz CT molecular complexity index is 397. The first-order chi connectivity index (χ1) is 8.76. The molecule has 2 rings (SSSR count). The lowest BCUT2D eigenvalue weighted by atomic mass is 10.0. The van der Waals surface area contributed by atoms with Crippen LogP contribution in [0.1, 0.15) is 11.6 Å². The van der Waals surface area contributed by atoms with Gasteiger partial charge in [0, 0.05) is 17.1 Å². The van der Waals surface area contributed by atoms with Gasteiger partial charge in [0.2, 0.25) is 0 Å². The number of hydrogen-bond acceptors (Lipinski definition) is 4. The lowest BCUT2D eigenvalue weighted by Gasteiger charge is -2.31. The van der Waals surface area contributed by atoms with Crippen LogP contribution in [0.3, 0.4) is 0 Å². The molecule has 1 aromatic rings. The molecule has 18 heavy (non-hydrogen) atoms. The second-order valence-electron chi connectivity index (χ2n) is 4.14. The van der Waals surface area contributed by atoms with E-state index >= 15 is 0 Å². The van der Waals surface area contributed by atoms with Gasteiger partial charge in [-0.3, -0.25) is 0 Å². The van der Waals surface area contributed by atoms with Crippen molar-refractivity contribution in [1.29, 1.82) is 0 Å². The molecule has 3 nitrogen and oxygen atoms in total. The number of nitrogens with one attached hydrogen (secondary N) is 1. The third-order valence-electron chi connectivity index (χ3n) is 3.05. The number of ether oxygens (including phenoxy) is 2. The van der Waals surface area contributed by atoms with Crippen molar-refractivity contribution in [3.05, 3.63) is 29.6 Å². The highest BCUT2D eigenvalue weighted by molar-refractivity contribution is 7.99. The summed E-state index contributed by atoms with van der Waals surface area (Å²) < 4.78 is 24.5. The molecular formula is C13H18FNO2S. The van der Waals surface area contributed by atoms with Crippen LogP contribution in [0.2, 0.25) is 0 Å². The molecule has 0 aliphatic carbocycles. The van der Waals surface area contributed by atoms with Crippen molar-refractivity contribution in [3.8, 4) is 5.75 Å². The van der Waals surface area contributed by atoms with Crippen molar-refractivity contribution in [2.75, 3.05) is 32.3 Å². The van der Waals surface area contributed by atoms with Gasteiger partial charge in [-0.25, -0.2) is 4.39 Å². The smallest absolute Gasteiger partial charge is 0.123 e. The third-order valence-corrected chi connectivity index (χ3v) is 4.07. The van der Waals surface area contributed by atoms with Crippen LogP contribution in [0.4, 0.5) is 4.39 Å². The normalized spacial score (nSPS) is 21.6. The zero-order chi connectivity index (χ0) is 13.0. The minimum atomic E-state index is -0.255. The maximum absolute atomic E-state index is 13.4. The topological polar surface area (TPSA) is 30.5 Å². The number of methoxy groups -OCH3 is 1. The first kappa shape index (κ1) is 13.6. The Balaban J connectivity index is 2.27. The standard InChI is InChI=1S/C13H18FNO2S/c1-15-13(12-8-18-6-5-17-12)10-7-9(14)3-4-11(10)16-2/h3-4,7,12-13,15H,5-6,8H2,1-2H3. The van der Waals surface area contributed by atoms with Gasteiger partial charge in [0.15, 0.2) is 0 Å². The summed E-state index contributed by atoms with van der Waals surface area (Å²) >= 11 is 1.86. The first-order valence-corrected chi connectivity index (χ1v) is 7.11. The Labute approximate surface area is 111 Å². The Morgan fingerprint density at radius 1 is 1.56 bits per heavy atom. The lowest BCUT2D eigenvalue weighted by Crippen LogP contribution is -2.36. The van der Waals surface area contributed by atoms with E-state index in [2.05, 4.69) is 5.32 Å². The average molecular weight is 271 g/mol. The molecule has 1 aliphatic heterocycles. The molecule has 0 spiro atoms. The number of rotatable bonds is 4. The van der Waals surface area contributed by atoms with Gasteiger partial charge < -0.3 is 14.8 Å². The van der Waals surface area contributed by atoms with Crippen LogP contribution in [-0.4, -0.2) is 38.4 Å². The van der Waals surface area contributed by atoms with Crippen LogP contribution in [-0.2, 0) is 4.74 Å². The molecule has 1 saturated heterocycles. The highest BCUT2D eigenvalue weighted by atomic mass is 32.2. The SMILES string of the molecule is CNC(c1cc(F)ccc1OC)C1CSCCO1. The fraction of sp³-hybridized carbons (Fsp3) is 0.538. The Kier molecular flexibility index (Phi) is 4.86. The molecule has 2 unspecified atom stereocenters. The fourth-order valence-electron chi connectivity index (χ4n) is 2.19. The van der Waals surface area contributed by atoms with Gasteiger partial charge in [-0.05, 0) is 25.2 Å². The Morgan fingerprint density at radius 2 is 2.39 bits per heavy atom. The van der Waals surface area contributed by atoms with Gasteiger partial charge in [0.1, 0.15) is 11.6 Å². The van der Waals surface area contributed by atoms with E-state index in [1.807, 2.05) is 18.8 Å². The van der Waals surface area contributed by atoms with E-state index in [-0.39, 0.29) is 18.0 Å². The molecule has 5 heteroatoms. The van der Waals surface area contributed by atoms with Crippen molar-refractivity contribution < 1.29 is 13.9 Å². The number of halogens is 1. The molecular weight excluding hydrogens is 253 g/mol. The van der Waals surface area contributed by atoms with Crippen molar-refractivity contribution in [1.82, 2.24) is 5.32 Å². The predicted molar refractivity (Wildman–Crippen MR) is 71.8 cm³/mol. The molecule has 0 aromatic heterocycles. The number of likely N-dealkylation sites (N-methyl/N-ethyl adjacent to an activating group) is 1. The van der Waals surface area contributed by atoms with Gasteiger partial charge in [-0.15, -0.1) is 0 Å². The van der Waals surface area contributed by atoms with Crippen LogP contribution >= 0.6 is 11.8 Å². The molecule has 1 fully saturated rings. The minimum Gasteiger partial charge on any atom is -0.496 e. The van der Waals surface area contributed by atoms with Crippen LogP contribution in [0.5, 0.6) is 5.75 Å². The number of thioether (sulfide) groups is 1. The summed E-state index contributed by atoms with van der Waals surface area (Å²) in [6, 6.07) is 4.53. The molecule has 0 radical (unpaired) electrons. The molecule has 1 aliphatic rings. The van der Waals surface area contributed by atoms with E-state index in [1.165, 1.54) is 12.1 Å². The van der Waals surface area contributed by atoms with E-state index in [4.69, 9.17) is 9.47 Å². The summed E-state index contributed by atoms with van der Waals surface area (Å²) in [6.07, 6.45) is 0.0458. The third kappa shape index (κ3) is 2.96. The fourth-order valence-corrected chi connectivity index (χ4v) is 3.09. The Hall–Kier alpha value is -0.780. The van der Waals surface area contributed by atoms with Gasteiger partial charge in [0.25, 0.3) is 0 Å². The van der Waals surface area contributed by atoms with Gasteiger partial charge >= 0.3 is 0 Å². The molecule has 1 aromatic carbocycles. The second-order valence-corrected chi connectivity index (χ2v) is 5.29. The second kappa shape index (κ2) is 6.41. The largest absolute Gasteiger partial charge is 0.496 e. The van der Waals surface area contributed by atoms with Gasteiger partial charge in [-0.1, -0.05) is 0 Å². The molecule has 100 valence electrons. The maximum atomic E-state index is 13.4. The van der Waals surface area contributed by atoms with E-state index in [9.17, 15) is 4.39 Å². The summed E-state index contributed by atoms with van der Waals surface area (Å²) in [6.45, 7) is 0.741. The number of hydrogen-bond donors (Lipinski definition) is 1. The summed E-state index contributed by atoms with van der Waals surface area (Å²) in [5.41, 5.74) is 0.813. The summed E-state index contributed by atoms with van der Waals surface area (Å²) in [4.78, 5) is 0. The van der Waals surface area contributed by atoms with Crippen LogP contribution in [0.25, 0.3) is 0 Å². The van der Waals surface area contributed by atoms with E-state index in [0.717, 1.165) is 23.7 Å². The zero-order valence-corrected chi connectivity index (χ0v) is 11.4. The molecule has 2 atom stereocenters. The summed E-state index contributed by atoms with van der Waals surface area (Å²) in [5.74, 6) is 2.36. The summed E-state index contributed by atoms with van der Waals surface area (Å²) in [7, 11) is 3.46. The van der Waals surface area contributed by atoms with Crippen LogP contribution < -0.4 is 10.1 Å². The molecule has 1 heterocycles. The predicted octanol–water partition coefficient (Wildman–Crippen LogP) is 2.23. The molecule has 0 saturated carbocycles. The average Bonchev–Trinajstić information content (AvgIpc) is 2.41. The first-order valence-electron chi connectivity index (χ1n) is 5.96. The maximum Gasteiger partial charge on any atom is 0.123 e. The molecule has 1 N–H and O–H groups in total. The highest BCUT2D eigenvalue weighted by Gasteiger charge is 2.27. The van der Waals surface area contributed by atoms with Crippen molar-refractivity contribution in [2.45, 2.75) is 12.1 Å². The summed E-state index contributed by atoms with van der Waals surface area (Å²) in [5, 5.41) is 3.20. The molecule has 0 amide bonds. The monoisotopic (exact) mass is 271 g/mol. The van der Waals surface area contributed by atoms with Crippen LogP contribution in [0, 0.1) is 5.82 Å². The van der Waals surface area contributed by atoms with E-state index in [1.54, 1.807) is 13.2 Å². The lowest BCUT2D eigenvalue weighted by molar-refractivity contribution is 0.0481. The minimum absolute atomic E-state index is 0.0458. The van der Waals surface area contributed by atoms with E-state index < -0.39 is 0 Å². The molecule has 0 bridgehead atoms. The van der Waals surface area contributed by atoms with Crippen molar-refractivity contribution in [2.24, 2.45) is 0 Å². The van der Waals surface area contributed by atoms with Crippen LogP contribution in [0.15, 0.2) is 18.2 Å². The highest BCUT2D eigenvalue weighted by Crippen LogP contribution is 2.31. The van der Waals surface area contributed by atoms with Gasteiger partial charge in [-0.2, -0.15) is 11.8 Å². The van der Waals surface area contributed by atoms with Crippen molar-refractivity contribution >= 4 is 11.8 Å². The number of benzene rings is 1. The van der Waals surface area contributed by atoms with Crippen molar-refractivity contribution in [3.63, 3.8) is 0 Å². The zero-order valence-electron chi connectivity index (χ0n) is 10.6.